The second-order valence-electron chi connectivity index (χ2n) is 4.53. The third kappa shape index (κ3) is 4.85. The standard InChI is InChI=1S/C15H9Br3N2O3S/c16-8-3-1-2-7(4-8)13(21)20-15(24)19-12-10(14(22)23)5-9(17)6-11(12)18/h1-6H,(H,22,23)(H2,19,20,21,24). The summed E-state index contributed by atoms with van der Waals surface area (Å²) in [4.78, 5) is 23.5. The van der Waals surface area contributed by atoms with Gasteiger partial charge in [0.15, 0.2) is 5.11 Å². The Morgan fingerprint density at radius 3 is 2.38 bits per heavy atom. The van der Waals surface area contributed by atoms with Crippen LogP contribution in [0.1, 0.15) is 20.7 Å². The van der Waals surface area contributed by atoms with E-state index in [1.165, 1.54) is 6.07 Å². The van der Waals surface area contributed by atoms with Crippen molar-refractivity contribution in [1.29, 1.82) is 0 Å². The number of amides is 1. The van der Waals surface area contributed by atoms with E-state index in [-0.39, 0.29) is 16.4 Å². The number of aromatic carboxylic acids is 1. The van der Waals surface area contributed by atoms with Gasteiger partial charge in [0, 0.05) is 19.0 Å². The van der Waals surface area contributed by atoms with E-state index in [0.29, 0.717) is 14.5 Å². The van der Waals surface area contributed by atoms with Gasteiger partial charge in [-0.05, 0) is 58.5 Å². The van der Waals surface area contributed by atoms with Gasteiger partial charge in [0.2, 0.25) is 0 Å². The Morgan fingerprint density at radius 1 is 1.04 bits per heavy atom. The monoisotopic (exact) mass is 534 g/mol. The van der Waals surface area contributed by atoms with Crippen LogP contribution in [0.25, 0.3) is 0 Å². The van der Waals surface area contributed by atoms with Gasteiger partial charge in [0.05, 0.1) is 11.3 Å². The van der Waals surface area contributed by atoms with E-state index in [1.807, 2.05) is 0 Å². The topological polar surface area (TPSA) is 78.4 Å². The number of hydrogen-bond donors (Lipinski definition) is 3. The van der Waals surface area contributed by atoms with E-state index >= 15 is 0 Å². The number of carbonyl (C=O) groups excluding carboxylic acids is 1. The summed E-state index contributed by atoms with van der Waals surface area (Å²) in [5.41, 5.74) is 0.683. The van der Waals surface area contributed by atoms with Crippen molar-refractivity contribution in [3.63, 3.8) is 0 Å². The van der Waals surface area contributed by atoms with Gasteiger partial charge in [-0.1, -0.05) is 37.9 Å². The van der Waals surface area contributed by atoms with Crippen molar-refractivity contribution in [3.05, 3.63) is 60.9 Å². The summed E-state index contributed by atoms with van der Waals surface area (Å²) >= 11 is 14.9. The van der Waals surface area contributed by atoms with Crippen LogP contribution in [0, 0.1) is 0 Å². The molecule has 0 saturated carbocycles. The van der Waals surface area contributed by atoms with Crippen molar-refractivity contribution in [2.24, 2.45) is 0 Å². The summed E-state index contributed by atoms with van der Waals surface area (Å²) in [6, 6.07) is 9.92. The number of carboxylic acid groups (broad SMARTS) is 1. The highest BCUT2D eigenvalue weighted by atomic mass is 79.9. The summed E-state index contributed by atoms with van der Waals surface area (Å²) in [5, 5.41) is 14.5. The number of hydrogen-bond acceptors (Lipinski definition) is 3. The summed E-state index contributed by atoms with van der Waals surface area (Å²) in [6.07, 6.45) is 0. The zero-order valence-electron chi connectivity index (χ0n) is 11.8. The Morgan fingerprint density at radius 2 is 1.75 bits per heavy atom. The summed E-state index contributed by atoms with van der Waals surface area (Å²) in [5.74, 6) is -1.53. The normalized spacial score (nSPS) is 10.1. The maximum atomic E-state index is 12.2. The molecule has 0 radical (unpaired) electrons. The van der Waals surface area contributed by atoms with E-state index in [0.717, 1.165) is 4.47 Å². The van der Waals surface area contributed by atoms with Crippen LogP contribution >= 0.6 is 60.0 Å². The predicted molar refractivity (Wildman–Crippen MR) is 107 cm³/mol. The van der Waals surface area contributed by atoms with Gasteiger partial charge in [-0.3, -0.25) is 10.1 Å². The van der Waals surface area contributed by atoms with E-state index in [1.54, 1.807) is 30.3 Å². The fourth-order valence-corrected chi connectivity index (χ4v) is 3.74. The van der Waals surface area contributed by atoms with Crippen molar-refractivity contribution in [1.82, 2.24) is 5.32 Å². The van der Waals surface area contributed by atoms with Crippen LogP contribution in [-0.4, -0.2) is 22.1 Å². The van der Waals surface area contributed by atoms with Crippen LogP contribution in [0.3, 0.4) is 0 Å². The van der Waals surface area contributed by atoms with Gasteiger partial charge >= 0.3 is 5.97 Å². The minimum atomic E-state index is -1.12. The average molecular weight is 537 g/mol. The van der Waals surface area contributed by atoms with E-state index in [4.69, 9.17) is 12.2 Å². The molecule has 0 saturated heterocycles. The molecular formula is C15H9Br3N2O3S. The predicted octanol–water partition coefficient (Wildman–Crippen LogP) is 4.80. The van der Waals surface area contributed by atoms with E-state index in [9.17, 15) is 14.7 Å². The smallest absolute Gasteiger partial charge is 0.337 e. The third-order valence-electron chi connectivity index (χ3n) is 2.84. The van der Waals surface area contributed by atoms with Crippen molar-refractivity contribution >= 4 is 82.7 Å². The molecule has 1 amide bonds. The highest BCUT2D eigenvalue weighted by Crippen LogP contribution is 2.30. The maximum Gasteiger partial charge on any atom is 0.337 e. The first-order valence-corrected chi connectivity index (χ1v) is 9.17. The maximum absolute atomic E-state index is 12.2. The summed E-state index contributed by atoms with van der Waals surface area (Å²) < 4.78 is 1.85. The SMILES string of the molecule is O=C(NC(=S)Nc1c(Br)cc(Br)cc1C(=O)O)c1cccc(Br)c1. The minimum Gasteiger partial charge on any atom is -0.478 e. The summed E-state index contributed by atoms with van der Waals surface area (Å²) in [6.45, 7) is 0. The largest absolute Gasteiger partial charge is 0.478 e. The average Bonchev–Trinajstić information content (AvgIpc) is 2.49. The molecule has 0 atom stereocenters. The van der Waals surface area contributed by atoms with Gasteiger partial charge in [-0.2, -0.15) is 0 Å². The number of benzene rings is 2. The van der Waals surface area contributed by atoms with E-state index < -0.39 is 11.9 Å². The molecule has 5 nitrogen and oxygen atoms in total. The lowest BCUT2D eigenvalue weighted by atomic mass is 10.2. The van der Waals surface area contributed by atoms with Crippen molar-refractivity contribution in [3.8, 4) is 0 Å². The molecule has 0 aliphatic rings. The lowest BCUT2D eigenvalue weighted by Crippen LogP contribution is -2.34. The molecule has 0 heterocycles. The second kappa shape index (κ2) is 8.19. The zero-order valence-corrected chi connectivity index (χ0v) is 17.3. The molecule has 0 aliphatic heterocycles. The first kappa shape index (κ1) is 19.0. The Kier molecular flexibility index (Phi) is 6.50. The molecule has 0 aromatic heterocycles. The molecule has 9 heteroatoms. The molecule has 124 valence electrons. The van der Waals surface area contributed by atoms with Gasteiger partial charge in [-0.15, -0.1) is 0 Å². The third-order valence-corrected chi connectivity index (χ3v) is 4.62. The number of thiocarbonyl (C=S) groups is 1. The summed E-state index contributed by atoms with van der Waals surface area (Å²) in [7, 11) is 0. The Labute approximate surface area is 168 Å². The van der Waals surface area contributed by atoms with Gasteiger partial charge in [-0.25, -0.2) is 4.79 Å². The quantitative estimate of drug-likeness (QED) is 0.491. The molecule has 2 rings (SSSR count). The first-order chi connectivity index (χ1) is 11.3. The fourth-order valence-electron chi connectivity index (χ4n) is 1.82. The molecule has 0 unspecified atom stereocenters. The molecule has 24 heavy (non-hydrogen) atoms. The molecule has 0 aliphatic carbocycles. The lowest BCUT2D eigenvalue weighted by molar-refractivity contribution is 0.0697. The number of carboxylic acids is 1. The lowest BCUT2D eigenvalue weighted by Gasteiger charge is -2.14. The molecule has 2 aromatic rings. The van der Waals surface area contributed by atoms with Gasteiger partial charge in [0.25, 0.3) is 5.91 Å². The van der Waals surface area contributed by atoms with Crippen molar-refractivity contribution in [2.75, 3.05) is 5.32 Å². The highest BCUT2D eigenvalue weighted by molar-refractivity contribution is 9.11. The zero-order chi connectivity index (χ0) is 17.9. The minimum absolute atomic E-state index is 0.00880. The molecule has 3 N–H and O–H groups in total. The molecule has 2 aromatic carbocycles. The van der Waals surface area contributed by atoms with Crippen LogP contribution in [-0.2, 0) is 0 Å². The van der Waals surface area contributed by atoms with Crippen LogP contribution in [0.4, 0.5) is 5.69 Å². The van der Waals surface area contributed by atoms with E-state index in [2.05, 4.69) is 58.4 Å². The molecule has 0 bridgehead atoms. The van der Waals surface area contributed by atoms with Crippen LogP contribution in [0.15, 0.2) is 49.8 Å². The van der Waals surface area contributed by atoms with Crippen molar-refractivity contribution < 1.29 is 14.7 Å². The number of carbonyl (C=O) groups is 2. The number of rotatable bonds is 3. The Hall–Kier alpha value is -1.29. The Bertz CT molecular complexity index is 843. The number of halogens is 3. The van der Waals surface area contributed by atoms with Crippen LogP contribution in [0.2, 0.25) is 0 Å². The van der Waals surface area contributed by atoms with Gasteiger partial charge in [0.1, 0.15) is 0 Å². The second-order valence-corrected chi connectivity index (χ2v) is 7.63. The highest BCUT2D eigenvalue weighted by Gasteiger charge is 2.17. The number of anilines is 1. The molecule has 0 fully saturated rings. The van der Waals surface area contributed by atoms with Crippen molar-refractivity contribution in [2.45, 2.75) is 0 Å². The van der Waals surface area contributed by atoms with Crippen LogP contribution in [0.5, 0.6) is 0 Å². The molecule has 0 spiro atoms. The fraction of sp³-hybridized carbons (Fsp3) is 0. The first-order valence-electron chi connectivity index (χ1n) is 6.38. The number of nitrogens with one attached hydrogen (secondary N) is 2. The molecular weight excluding hydrogens is 528 g/mol. The van der Waals surface area contributed by atoms with Gasteiger partial charge < -0.3 is 10.4 Å². The Balaban J connectivity index is 2.18. The van der Waals surface area contributed by atoms with Crippen LogP contribution < -0.4 is 10.6 Å².